The number of aromatic nitrogens is 1. The minimum atomic E-state index is 0.339. The van der Waals surface area contributed by atoms with Gasteiger partial charge in [0.2, 0.25) is 0 Å². The molecular formula is C24H31N7. The van der Waals surface area contributed by atoms with E-state index in [1.165, 1.54) is 11.8 Å². The maximum Gasteiger partial charge on any atom is 0.0868 e. The Kier molecular flexibility index (Phi) is 7.23. The number of nitrogens with one attached hydrogen (secondary N) is 3. The van der Waals surface area contributed by atoms with E-state index < -0.39 is 0 Å². The number of likely N-dealkylation sites (N-methyl/N-ethyl adjacent to an activating group) is 1. The van der Waals surface area contributed by atoms with Crippen LogP contribution in [0.2, 0.25) is 0 Å². The average Bonchev–Trinajstić information content (AvgIpc) is 3.18. The molecule has 0 unspecified atom stereocenters. The largest absolute Gasteiger partial charge is 0.404 e. The normalized spacial score (nSPS) is 12.3. The van der Waals surface area contributed by atoms with Crippen LogP contribution in [0, 0.1) is 5.41 Å². The predicted octanol–water partition coefficient (Wildman–Crippen LogP) is 2.82. The second-order valence-corrected chi connectivity index (χ2v) is 7.77. The molecule has 0 fully saturated rings. The van der Waals surface area contributed by atoms with Gasteiger partial charge < -0.3 is 26.7 Å². The van der Waals surface area contributed by atoms with Crippen LogP contribution in [0.3, 0.4) is 0 Å². The van der Waals surface area contributed by atoms with Gasteiger partial charge in [-0.15, -0.1) is 0 Å². The average molecular weight is 418 g/mol. The van der Waals surface area contributed by atoms with Crippen molar-refractivity contribution in [1.29, 1.82) is 5.41 Å². The van der Waals surface area contributed by atoms with Crippen molar-refractivity contribution in [1.82, 2.24) is 15.2 Å². The summed E-state index contributed by atoms with van der Waals surface area (Å²) in [5, 5.41) is 13.3. The molecule has 0 saturated heterocycles. The lowest BCUT2D eigenvalue weighted by atomic mass is 9.99. The van der Waals surface area contributed by atoms with Gasteiger partial charge in [-0.1, -0.05) is 12.1 Å². The molecule has 7 N–H and O–H groups in total. The number of nitrogen functional groups attached to an aromatic ring is 1. The van der Waals surface area contributed by atoms with Gasteiger partial charge in [0.1, 0.15) is 0 Å². The van der Waals surface area contributed by atoms with Crippen molar-refractivity contribution < 1.29 is 0 Å². The number of fused-ring (bicyclic) bond motifs is 1. The molecule has 0 saturated carbocycles. The molecule has 0 amide bonds. The van der Waals surface area contributed by atoms with Crippen molar-refractivity contribution >= 4 is 34.1 Å². The van der Waals surface area contributed by atoms with Gasteiger partial charge >= 0.3 is 0 Å². The van der Waals surface area contributed by atoms with E-state index in [0.29, 0.717) is 17.0 Å². The van der Waals surface area contributed by atoms with E-state index in [2.05, 4.69) is 52.5 Å². The zero-order valence-corrected chi connectivity index (χ0v) is 18.4. The van der Waals surface area contributed by atoms with Crippen molar-refractivity contribution in [2.75, 3.05) is 40.0 Å². The second-order valence-electron chi connectivity index (χ2n) is 7.77. The number of anilines is 1. The first-order valence-corrected chi connectivity index (χ1v) is 10.2. The fourth-order valence-electron chi connectivity index (χ4n) is 3.41. The summed E-state index contributed by atoms with van der Waals surface area (Å²) in [6, 6.07) is 13.9. The molecule has 7 nitrogen and oxygen atoms in total. The van der Waals surface area contributed by atoms with Crippen molar-refractivity contribution in [3.05, 3.63) is 71.0 Å². The number of hydrogen-bond acceptors (Lipinski definition) is 6. The topological polar surface area (TPSA) is 119 Å². The lowest BCUT2D eigenvalue weighted by molar-refractivity contribution is 0.400. The third-order valence-corrected chi connectivity index (χ3v) is 5.12. The van der Waals surface area contributed by atoms with Crippen LogP contribution in [0.4, 0.5) is 5.69 Å². The van der Waals surface area contributed by atoms with Crippen LogP contribution in [0.5, 0.6) is 0 Å². The molecule has 0 aliphatic carbocycles. The number of nitrogens with two attached hydrogens (primary N) is 2. The highest BCUT2D eigenvalue weighted by molar-refractivity contribution is 6.16. The predicted molar refractivity (Wildman–Crippen MR) is 132 cm³/mol. The highest BCUT2D eigenvalue weighted by Gasteiger charge is 2.13. The van der Waals surface area contributed by atoms with E-state index in [1.807, 2.05) is 18.2 Å². The van der Waals surface area contributed by atoms with Crippen LogP contribution in [-0.4, -0.2) is 56.0 Å². The Balaban J connectivity index is 1.84. The van der Waals surface area contributed by atoms with E-state index in [9.17, 15) is 0 Å². The van der Waals surface area contributed by atoms with Crippen molar-refractivity contribution in [3.63, 3.8) is 0 Å². The summed E-state index contributed by atoms with van der Waals surface area (Å²) in [4.78, 5) is 9.54. The summed E-state index contributed by atoms with van der Waals surface area (Å²) in [5.41, 5.74) is 18.0. The monoisotopic (exact) mass is 417 g/mol. The summed E-state index contributed by atoms with van der Waals surface area (Å²) >= 11 is 0. The van der Waals surface area contributed by atoms with Crippen molar-refractivity contribution in [2.45, 2.75) is 6.54 Å². The molecule has 0 spiro atoms. The van der Waals surface area contributed by atoms with Crippen LogP contribution in [-0.2, 0) is 6.54 Å². The molecule has 0 aliphatic rings. The van der Waals surface area contributed by atoms with Gasteiger partial charge in [-0.25, -0.2) is 0 Å². The van der Waals surface area contributed by atoms with Crippen LogP contribution in [0.25, 0.3) is 16.5 Å². The molecule has 7 heteroatoms. The minimum absolute atomic E-state index is 0.339. The van der Waals surface area contributed by atoms with Gasteiger partial charge in [0.25, 0.3) is 0 Å². The lowest BCUT2D eigenvalue weighted by Gasteiger charge is -2.10. The molecule has 1 aromatic heterocycles. The first-order valence-electron chi connectivity index (χ1n) is 10.2. The molecule has 0 radical (unpaired) electrons. The smallest absolute Gasteiger partial charge is 0.0868 e. The third kappa shape index (κ3) is 5.39. The number of aliphatic imine (C=N–C) groups is 1. The van der Waals surface area contributed by atoms with Crippen LogP contribution in [0.15, 0.2) is 53.7 Å². The fraction of sp³-hybridized carbons (Fsp3) is 0.250. The first kappa shape index (κ1) is 22.3. The molecule has 3 aromatic rings. The highest BCUT2D eigenvalue weighted by Crippen LogP contribution is 2.24. The van der Waals surface area contributed by atoms with E-state index in [1.54, 1.807) is 19.3 Å². The Labute approximate surface area is 183 Å². The molecule has 0 aliphatic heterocycles. The zero-order valence-electron chi connectivity index (χ0n) is 18.4. The Morgan fingerprint density at radius 3 is 2.71 bits per heavy atom. The number of nitrogens with zero attached hydrogens (tertiary/aromatic N) is 2. The number of allylic oxidation sites excluding steroid dienone is 1. The summed E-state index contributed by atoms with van der Waals surface area (Å²) < 4.78 is 0. The fourth-order valence-corrected chi connectivity index (χ4v) is 3.41. The molecule has 1 heterocycles. The summed E-state index contributed by atoms with van der Waals surface area (Å²) in [7, 11) is 5.83. The van der Waals surface area contributed by atoms with Crippen LogP contribution >= 0.6 is 0 Å². The van der Waals surface area contributed by atoms with Gasteiger partial charge in [0.05, 0.1) is 11.4 Å². The maximum absolute atomic E-state index is 8.76. The lowest BCUT2D eigenvalue weighted by Crippen LogP contribution is -2.26. The SMILES string of the molecule is CN=CC(=CN)c1ccc(N)c(C(=N)c2cc3cc(CNCCN(C)C)ccc3[nH]2)c1. The van der Waals surface area contributed by atoms with E-state index >= 15 is 0 Å². The molecule has 31 heavy (non-hydrogen) atoms. The number of benzene rings is 2. The van der Waals surface area contributed by atoms with Gasteiger partial charge in [0.15, 0.2) is 0 Å². The van der Waals surface area contributed by atoms with Gasteiger partial charge in [-0.05, 0) is 55.6 Å². The van der Waals surface area contributed by atoms with Gasteiger partial charge in [0, 0.05) is 66.8 Å². The molecule has 2 aromatic carbocycles. The van der Waals surface area contributed by atoms with Gasteiger partial charge in [-0.3, -0.25) is 10.4 Å². The Morgan fingerprint density at radius 2 is 2.00 bits per heavy atom. The van der Waals surface area contributed by atoms with E-state index in [4.69, 9.17) is 16.9 Å². The quantitative estimate of drug-likeness (QED) is 0.209. The first-order chi connectivity index (χ1) is 14.9. The van der Waals surface area contributed by atoms with E-state index in [-0.39, 0.29) is 0 Å². The van der Waals surface area contributed by atoms with Crippen molar-refractivity contribution in [3.8, 4) is 0 Å². The standard InChI is InChI=1S/C24H31N7/c1-28-15-19(13-25)17-5-6-21(26)20(11-17)24(27)23-12-18-10-16(4-7-22(18)30-23)14-29-8-9-31(2)3/h4-7,10-13,15,27,29-30H,8-9,14,25-26H2,1-3H3. The number of rotatable bonds is 9. The van der Waals surface area contributed by atoms with E-state index in [0.717, 1.165) is 47.4 Å². The second kappa shape index (κ2) is 10.1. The Hall–Kier alpha value is -3.42. The minimum Gasteiger partial charge on any atom is -0.404 e. The van der Waals surface area contributed by atoms with Gasteiger partial charge in [-0.2, -0.15) is 0 Å². The number of hydrogen-bond donors (Lipinski definition) is 5. The molecule has 3 rings (SSSR count). The third-order valence-electron chi connectivity index (χ3n) is 5.12. The molecular weight excluding hydrogens is 386 g/mol. The molecule has 162 valence electrons. The molecule has 0 bridgehead atoms. The van der Waals surface area contributed by atoms with Crippen molar-refractivity contribution in [2.24, 2.45) is 10.7 Å². The Bertz CT molecular complexity index is 1120. The maximum atomic E-state index is 8.76. The highest BCUT2D eigenvalue weighted by atomic mass is 15.1. The van der Waals surface area contributed by atoms with Crippen LogP contribution < -0.4 is 16.8 Å². The Morgan fingerprint density at radius 1 is 1.19 bits per heavy atom. The van der Waals surface area contributed by atoms with Crippen LogP contribution in [0.1, 0.15) is 22.4 Å². The number of aromatic amines is 1. The number of H-pyrrole nitrogens is 1. The summed E-state index contributed by atoms with van der Waals surface area (Å²) in [6.07, 6.45) is 3.19. The summed E-state index contributed by atoms with van der Waals surface area (Å²) in [6.45, 7) is 2.74. The zero-order chi connectivity index (χ0) is 22.4. The molecule has 0 atom stereocenters. The summed E-state index contributed by atoms with van der Waals surface area (Å²) in [5.74, 6) is 0.